The van der Waals surface area contributed by atoms with Crippen LogP contribution in [0.2, 0.25) is 0 Å². The Labute approximate surface area is 188 Å². The predicted molar refractivity (Wildman–Crippen MR) is 122 cm³/mol. The first-order chi connectivity index (χ1) is 15.1. The number of halogens is 1. The van der Waals surface area contributed by atoms with Crippen molar-refractivity contribution in [2.75, 3.05) is 18.5 Å². The topological polar surface area (TPSA) is 76.7 Å². The highest BCUT2D eigenvalue weighted by Gasteiger charge is 2.13. The number of rotatable bonds is 5. The van der Waals surface area contributed by atoms with E-state index >= 15 is 0 Å². The third-order valence-electron chi connectivity index (χ3n) is 4.73. The normalized spacial score (nSPS) is 12.5. The van der Waals surface area contributed by atoms with Crippen LogP contribution in [0.15, 0.2) is 71.2 Å². The van der Waals surface area contributed by atoms with Crippen molar-refractivity contribution in [2.24, 2.45) is 0 Å². The van der Waals surface area contributed by atoms with E-state index in [9.17, 15) is 9.59 Å². The number of hydrogen-bond acceptors (Lipinski definition) is 4. The second-order valence-corrected chi connectivity index (χ2v) is 7.98. The lowest BCUT2D eigenvalue weighted by atomic mass is 10.1. The summed E-state index contributed by atoms with van der Waals surface area (Å²) in [5.74, 6) is 0.944. The summed E-state index contributed by atoms with van der Waals surface area (Å²) in [6.45, 7) is 1.60. The molecule has 4 rings (SSSR count). The van der Waals surface area contributed by atoms with E-state index in [0.717, 1.165) is 22.2 Å². The maximum atomic E-state index is 12.6. The third kappa shape index (κ3) is 5.44. The molecule has 0 saturated carbocycles. The number of benzene rings is 3. The molecule has 0 atom stereocenters. The standard InChI is InChI=1S/C24H21BrN2O4/c25-19-6-1-4-17(13-19)24(29)27-20-7-2-5-18(14-20)23(28)26-15-16-8-9-21-22(12-16)31-11-3-10-30-21/h1-2,4-9,12-14H,3,10-11,15H2,(H,26,28)(H,27,29). The SMILES string of the molecule is O=C(NCc1ccc2c(c1)OCCCO2)c1cccc(NC(=O)c2cccc(Br)c2)c1. The Bertz CT molecular complexity index is 1120. The molecule has 31 heavy (non-hydrogen) atoms. The lowest BCUT2D eigenvalue weighted by Crippen LogP contribution is -2.23. The van der Waals surface area contributed by atoms with Gasteiger partial charge in [0.1, 0.15) is 0 Å². The van der Waals surface area contributed by atoms with Crippen molar-refractivity contribution in [2.45, 2.75) is 13.0 Å². The average molecular weight is 481 g/mol. The van der Waals surface area contributed by atoms with E-state index in [1.54, 1.807) is 42.5 Å². The molecule has 0 bridgehead atoms. The second-order valence-electron chi connectivity index (χ2n) is 7.06. The molecular weight excluding hydrogens is 460 g/mol. The molecule has 2 N–H and O–H groups in total. The molecule has 6 nitrogen and oxygen atoms in total. The zero-order chi connectivity index (χ0) is 21.6. The molecule has 1 aliphatic heterocycles. The van der Waals surface area contributed by atoms with Crippen LogP contribution in [0.25, 0.3) is 0 Å². The summed E-state index contributed by atoms with van der Waals surface area (Å²) in [6.07, 6.45) is 0.842. The number of amides is 2. The fourth-order valence-electron chi connectivity index (χ4n) is 3.17. The molecule has 0 spiro atoms. The van der Waals surface area contributed by atoms with Crippen LogP contribution < -0.4 is 20.1 Å². The lowest BCUT2D eigenvalue weighted by molar-refractivity contribution is 0.0949. The van der Waals surface area contributed by atoms with Crippen molar-refractivity contribution in [1.82, 2.24) is 5.32 Å². The molecule has 0 fully saturated rings. The van der Waals surface area contributed by atoms with E-state index in [1.807, 2.05) is 24.3 Å². The molecule has 2 amide bonds. The Morgan fingerprint density at radius 3 is 2.39 bits per heavy atom. The van der Waals surface area contributed by atoms with Gasteiger partial charge in [-0.15, -0.1) is 0 Å². The largest absolute Gasteiger partial charge is 0.490 e. The zero-order valence-corrected chi connectivity index (χ0v) is 18.3. The van der Waals surface area contributed by atoms with Gasteiger partial charge >= 0.3 is 0 Å². The Hall–Kier alpha value is -3.32. The van der Waals surface area contributed by atoms with Gasteiger partial charge in [-0.1, -0.05) is 34.1 Å². The third-order valence-corrected chi connectivity index (χ3v) is 5.23. The Morgan fingerprint density at radius 2 is 1.58 bits per heavy atom. The first-order valence-electron chi connectivity index (χ1n) is 9.92. The van der Waals surface area contributed by atoms with E-state index in [0.29, 0.717) is 42.3 Å². The predicted octanol–water partition coefficient (Wildman–Crippen LogP) is 4.79. The molecule has 1 aliphatic rings. The van der Waals surface area contributed by atoms with Gasteiger partial charge in [0.25, 0.3) is 11.8 Å². The van der Waals surface area contributed by atoms with Crippen LogP contribution in [0, 0.1) is 0 Å². The van der Waals surface area contributed by atoms with Crippen LogP contribution in [0.4, 0.5) is 5.69 Å². The van der Waals surface area contributed by atoms with Gasteiger partial charge in [0, 0.05) is 34.3 Å². The van der Waals surface area contributed by atoms with Crippen LogP contribution in [-0.2, 0) is 6.54 Å². The quantitative estimate of drug-likeness (QED) is 0.550. The second kappa shape index (κ2) is 9.66. The van der Waals surface area contributed by atoms with Crippen molar-refractivity contribution >= 4 is 33.4 Å². The maximum Gasteiger partial charge on any atom is 0.255 e. The Balaban J connectivity index is 1.39. The monoisotopic (exact) mass is 480 g/mol. The summed E-state index contributed by atoms with van der Waals surface area (Å²) in [5, 5.41) is 5.73. The summed E-state index contributed by atoms with van der Waals surface area (Å²) in [4.78, 5) is 25.1. The highest BCUT2D eigenvalue weighted by molar-refractivity contribution is 9.10. The van der Waals surface area contributed by atoms with Gasteiger partial charge in [-0.3, -0.25) is 9.59 Å². The molecule has 0 saturated heterocycles. The summed E-state index contributed by atoms with van der Waals surface area (Å²) in [7, 11) is 0. The molecule has 0 aromatic heterocycles. The average Bonchev–Trinajstić information content (AvgIpc) is 3.02. The number of nitrogens with one attached hydrogen (secondary N) is 2. The Morgan fingerprint density at radius 1 is 0.839 bits per heavy atom. The highest BCUT2D eigenvalue weighted by Crippen LogP contribution is 2.30. The van der Waals surface area contributed by atoms with Gasteiger partial charge in [0.2, 0.25) is 0 Å². The van der Waals surface area contributed by atoms with Crippen LogP contribution in [0.1, 0.15) is 32.7 Å². The van der Waals surface area contributed by atoms with Gasteiger partial charge in [-0.25, -0.2) is 0 Å². The van der Waals surface area contributed by atoms with Crippen LogP contribution in [-0.4, -0.2) is 25.0 Å². The first kappa shape index (κ1) is 20.9. The van der Waals surface area contributed by atoms with Crippen molar-refractivity contribution < 1.29 is 19.1 Å². The highest BCUT2D eigenvalue weighted by atomic mass is 79.9. The molecule has 3 aromatic rings. The van der Waals surface area contributed by atoms with Crippen molar-refractivity contribution in [3.8, 4) is 11.5 Å². The van der Waals surface area contributed by atoms with Crippen LogP contribution >= 0.6 is 15.9 Å². The van der Waals surface area contributed by atoms with E-state index < -0.39 is 0 Å². The molecular formula is C24H21BrN2O4. The molecule has 0 unspecified atom stereocenters. The van der Waals surface area contributed by atoms with Gasteiger partial charge < -0.3 is 20.1 Å². The molecule has 3 aromatic carbocycles. The lowest BCUT2D eigenvalue weighted by Gasteiger charge is -2.11. The van der Waals surface area contributed by atoms with Crippen LogP contribution in [0.3, 0.4) is 0 Å². The zero-order valence-electron chi connectivity index (χ0n) is 16.7. The number of ether oxygens (including phenoxy) is 2. The summed E-state index contributed by atoms with van der Waals surface area (Å²) in [5.41, 5.74) is 2.45. The van der Waals surface area contributed by atoms with E-state index in [4.69, 9.17) is 9.47 Å². The smallest absolute Gasteiger partial charge is 0.255 e. The van der Waals surface area contributed by atoms with Crippen molar-refractivity contribution in [3.63, 3.8) is 0 Å². The minimum atomic E-state index is -0.244. The fraction of sp³-hybridized carbons (Fsp3) is 0.167. The minimum absolute atomic E-state index is 0.231. The minimum Gasteiger partial charge on any atom is -0.490 e. The van der Waals surface area contributed by atoms with Gasteiger partial charge in [-0.05, 0) is 54.1 Å². The van der Waals surface area contributed by atoms with E-state index in [-0.39, 0.29) is 11.8 Å². The van der Waals surface area contributed by atoms with Gasteiger partial charge in [0.05, 0.1) is 13.2 Å². The number of carbonyl (C=O) groups is 2. The Kier molecular flexibility index (Phi) is 6.52. The van der Waals surface area contributed by atoms with Crippen LogP contribution in [0.5, 0.6) is 11.5 Å². The number of fused-ring (bicyclic) bond motifs is 1. The van der Waals surface area contributed by atoms with Crippen molar-refractivity contribution in [3.05, 3.63) is 87.9 Å². The summed E-state index contributed by atoms with van der Waals surface area (Å²) in [6, 6.07) is 19.6. The molecule has 0 aliphatic carbocycles. The molecule has 7 heteroatoms. The molecule has 0 radical (unpaired) electrons. The molecule has 158 valence electrons. The number of anilines is 1. The molecule has 1 heterocycles. The number of hydrogen-bond donors (Lipinski definition) is 2. The maximum absolute atomic E-state index is 12.6. The number of carbonyl (C=O) groups excluding carboxylic acids is 2. The summed E-state index contributed by atoms with van der Waals surface area (Å²) < 4.78 is 12.2. The van der Waals surface area contributed by atoms with E-state index in [1.165, 1.54) is 0 Å². The van der Waals surface area contributed by atoms with Crippen molar-refractivity contribution in [1.29, 1.82) is 0 Å². The van der Waals surface area contributed by atoms with E-state index in [2.05, 4.69) is 26.6 Å². The summed E-state index contributed by atoms with van der Waals surface area (Å²) >= 11 is 3.36. The fourth-order valence-corrected chi connectivity index (χ4v) is 3.57. The first-order valence-corrected chi connectivity index (χ1v) is 10.7. The van der Waals surface area contributed by atoms with Gasteiger partial charge in [-0.2, -0.15) is 0 Å². The van der Waals surface area contributed by atoms with Gasteiger partial charge in [0.15, 0.2) is 11.5 Å².